The molecule has 0 aromatic heterocycles. The van der Waals surface area contributed by atoms with Crippen LogP contribution in [0, 0.1) is 0 Å². The van der Waals surface area contributed by atoms with Crippen LogP contribution in [0.3, 0.4) is 0 Å². The molecule has 84 valence electrons. The van der Waals surface area contributed by atoms with Crippen molar-refractivity contribution < 1.29 is 4.74 Å². The van der Waals surface area contributed by atoms with E-state index in [1.807, 2.05) is 12.1 Å². The van der Waals surface area contributed by atoms with Crippen LogP contribution < -0.4 is 16.2 Å². The monoisotopic (exact) mass is 282 g/mol. The number of guanidine groups is 1. The Bertz CT molecular complexity index is 466. The molecule has 1 aliphatic heterocycles. The lowest BCUT2D eigenvalue weighted by Crippen LogP contribution is -2.21. The van der Waals surface area contributed by atoms with Crippen LogP contribution in [0.25, 0.3) is 0 Å². The Morgan fingerprint density at radius 3 is 3.00 bits per heavy atom. The van der Waals surface area contributed by atoms with Gasteiger partial charge in [-0.2, -0.15) is 5.10 Å². The summed E-state index contributed by atoms with van der Waals surface area (Å²) in [5.41, 5.74) is 12.4. The third kappa shape index (κ3) is 2.33. The number of benzene rings is 1. The predicted octanol–water partition coefficient (Wildman–Crippen LogP) is 0.991. The number of rotatable bonds is 2. The normalized spacial score (nSPS) is 13.6. The summed E-state index contributed by atoms with van der Waals surface area (Å²) in [7, 11) is 0. The fourth-order valence-corrected chi connectivity index (χ4v) is 2.15. The molecule has 0 saturated carbocycles. The van der Waals surface area contributed by atoms with E-state index in [9.17, 15) is 0 Å². The molecule has 0 saturated heterocycles. The van der Waals surface area contributed by atoms with Crippen LogP contribution in [0.2, 0.25) is 0 Å². The Hall–Kier alpha value is -1.56. The number of fused-ring (bicyclic) bond motifs is 1. The van der Waals surface area contributed by atoms with Crippen molar-refractivity contribution in [2.24, 2.45) is 21.7 Å². The van der Waals surface area contributed by atoms with E-state index in [0.717, 1.165) is 28.8 Å². The maximum atomic E-state index is 5.47. The van der Waals surface area contributed by atoms with E-state index in [2.05, 4.69) is 26.1 Å². The first-order valence-electron chi connectivity index (χ1n) is 4.74. The van der Waals surface area contributed by atoms with Crippen LogP contribution in [0.5, 0.6) is 5.75 Å². The third-order valence-electron chi connectivity index (χ3n) is 2.14. The van der Waals surface area contributed by atoms with Gasteiger partial charge < -0.3 is 16.2 Å². The Kier molecular flexibility index (Phi) is 3.09. The van der Waals surface area contributed by atoms with E-state index in [0.29, 0.717) is 0 Å². The molecule has 0 bridgehead atoms. The van der Waals surface area contributed by atoms with Gasteiger partial charge in [0, 0.05) is 6.42 Å². The molecule has 0 atom stereocenters. The molecule has 1 aromatic carbocycles. The number of halogens is 1. The molecule has 0 spiro atoms. The SMILES string of the molecule is NC(N)=NN=Cc1cc(Br)c2c(c1)CCO2. The summed E-state index contributed by atoms with van der Waals surface area (Å²) in [5.74, 6) is 0.860. The zero-order valence-corrected chi connectivity index (χ0v) is 10.1. The van der Waals surface area contributed by atoms with E-state index in [-0.39, 0.29) is 5.96 Å². The predicted molar refractivity (Wildman–Crippen MR) is 66.7 cm³/mol. The van der Waals surface area contributed by atoms with E-state index in [1.54, 1.807) is 6.21 Å². The van der Waals surface area contributed by atoms with Crippen molar-refractivity contribution in [3.8, 4) is 5.75 Å². The summed E-state index contributed by atoms with van der Waals surface area (Å²) < 4.78 is 6.39. The van der Waals surface area contributed by atoms with Gasteiger partial charge in [-0.25, -0.2) is 0 Å². The topological polar surface area (TPSA) is 86.0 Å². The minimum atomic E-state index is -0.0557. The second-order valence-electron chi connectivity index (χ2n) is 3.36. The molecule has 1 heterocycles. The minimum absolute atomic E-state index is 0.0557. The van der Waals surface area contributed by atoms with Crippen molar-refractivity contribution in [2.45, 2.75) is 6.42 Å². The summed E-state index contributed by atoms with van der Waals surface area (Å²) in [5, 5.41) is 7.30. The van der Waals surface area contributed by atoms with Crippen LogP contribution in [0.1, 0.15) is 11.1 Å². The molecular formula is C10H11BrN4O. The van der Waals surface area contributed by atoms with Gasteiger partial charge in [-0.15, -0.1) is 5.10 Å². The Morgan fingerprint density at radius 1 is 1.44 bits per heavy atom. The summed E-state index contributed by atoms with van der Waals surface area (Å²) in [6.07, 6.45) is 2.51. The zero-order valence-electron chi connectivity index (χ0n) is 8.48. The van der Waals surface area contributed by atoms with Crippen molar-refractivity contribution in [3.63, 3.8) is 0 Å². The molecule has 2 rings (SSSR count). The van der Waals surface area contributed by atoms with Crippen molar-refractivity contribution >= 4 is 28.1 Å². The van der Waals surface area contributed by atoms with Crippen molar-refractivity contribution in [1.29, 1.82) is 0 Å². The van der Waals surface area contributed by atoms with Crippen LogP contribution in [-0.4, -0.2) is 18.8 Å². The Labute approximate surface area is 101 Å². The van der Waals surface area contributed by atoms with Crippen molar-refractivity contribution in [1.82, 2.24) is 0 Å². The maximum absolute atomic E-state index is 5.47. The van der Waals surface area contributed by atoms with E-state index in [4.69, 9.17) is 16.2 Å². The van der Waals surface area contributed by atoms with Crippen molar-refractivity contribution in [3.05, 3.63) is 27.7 Å². The molecule has 0 radical (unpaired) electrons. The Balaban J connectivity index is 2.27. The summed E-state index contributed by atoms with van der Waals surface area (Å²) in [6, 6.07) is 3.93. The molecule has 0 amide bonds. The summed E-state index contributed by atoms with van der Waals surface area (Å²) >= 11 is 3.45. The lowest BCUT2D eigenvalue weighted by molar-refractivity contribution is 0.355. The van der Waals surface area contributed by atoms with Gasteiger partial charge in [-0.1, -0.05) is 0 Å². The average molecular weight is 283 g/mol. The molecule has 1 aliphatic rings. The third-order valence-corrected chi connectivity index (χ3v) is 2.73. The second-order valence-corrected chi connectivity index (χ2v) is 4.21. The van der Waals surface area contributed by atoms with Gasteiger partial charge in [-0.3, -0.25) is 0 Å². The lowest BCUT2D eigenvalue weighted by atomic mass is 10.1. The van der Waals surface area contributed by atoms with Gasteiger partial charge in [0.05, 0.1) is 17.3 Å². The van der Waals surface area contributed by atoms with Crippen LogP contribution in [0.15, 0.2) is 26.8 Å². The molecular weight excluding hydrogens is 272 g/mol. The number of hydrogen-bond acceptors (Lipinski definition) is 3. The molecule has 0 unspecified atom stereocenters. The molecule has 5 nitrogen and oxygen atoms in total. The lowest BCUT2D eigenvalue weighted by Gasteiger charge is -2.02. The quantitative estimate of drug-likeness (QED) is 0.482. The summed E-state index contributed by atoms with van der Waals surface area (Å²) in [4.78, 5) is 0. The molecule has 0 aliphatic carbocycles. The molecule has 4 N–H and O–H groups in total. The fraction of sp³-hybridized carbons (Fsp3) is 0.200. The minimum Gasteiger partial charge on any atom is -0.492 e. The average Bonchev–Trinajstić information content (AvgIpc) is 2.65. The highest BCUT2D eigenvalue weighted by molar-refractivity contribution is 9.10. The van der Waals surface area contributed by atoms with Gasteiger partial charge in [-0.05, 0) is 39.2 Å². The maximum Gasteiger partial charge on any atom is 0.211 e. The summed E-state index contributed by atoms with van der Waals surface area (Å²) in [6.45, 7) is 0.725. The highest BCUT2D eigenvalue weighted by atomic mass is 79.9. The van der Waals surface area contributed by atoms with Gasteiger partial charge in [0.2, 0.25) is 5.96 Å². The first-order chi connectivity index (χ1) is 7.66. The molecule has 1 aromatic rings. The zero-order chi connectivity index (χ0) is 11.5. The standard InChI is InChI=1S/C10H11BrN4O/c11-8-4-6(5-14-15-10(12)13)3-7-1-2-16-9(7)8/h3-5H,1-2H2,(H4,12,13,15). The Morgan fingerprint density at radius 2 is 2.25 bits per heavy atom. The van der Waals surface area contributed by atoms with Gasteiger partial charge in [0.1, 0.15) is 5.75 Å². The largest absolute Gasteiger partial charge is 0.492 e. The smallest absolute Gasteiger partial charge is 0.211 e. The second kappa shape index (κ2) is 4.52. The number of hydrogen-bond donors (Lipinski definition) is 2. The van der Waals surface area contributed by atoms with Crippen LogP contribution in [-0.2, 0) is 6.42 Å². The highest BCUT2D eigenvalue weighted by Crippen LogP contribution is 2.34. The van der Waals surface area contributed by atoms with Gasteiger partial charge in [0.15, 0.2) is 0 Å². The van der Waals surface area contributed by atoms with E-state index >= 15 is 0 Å². The fourth-order valence-electron chi connectivity index (χ4n) is 1.52. The van der Waals surface area contributed by atoms with Crippen LogP contribution >= 0.6 is 15.9 Å². The highest BCUT2D eigenvalue weighted by Gasteiger charge is 2.15. The van der Waals surface area contributed by atoms with Crippen molar-refractivity contribution in [2.75, 3.05) is 6.61 Å². The van der Waals surface area contributed by atoms with Crippen LogP contribution in [0.4, 0.5) is 0 Å². The molecule has 6 heteroatoms. The van der Waals surface area contributed by atoms with E-state index in [1.165, 1.54) is 5.56 Å². The van der Waals surface area contributed by atoms with E-state index < -0.39 is 0 Å². The van der Waals surface area contributed by atoms with Gasteiger partial charge in [0.25, 0.3) is 0 Å². The molecule has 0 fully saturated rings. The van der Waals surface area contributed by atoms with Gasteiger partial charge >= 0.3 is 0 Å². The number of nitrogens with zero attached hydrogens (tertiary/aromatic N) is 2. The number of ether oxygens (including phenoxy) is 1. The molecule has 16 heavy (non-hydrogen) atoms. The number of nitrogens with two attached hydrogens (primary N) is 2. The first-order valence-corrected chi connectivity index (χ1v) is 5.53. The first kappa shape index (κ1) is 10.9.